The topological polar surface area (TPSA) is 42.1 Å². The largest absolute Gasteiger partial charge is 0.465 e. The molecule has 0 fully saturated rings. The summed E-state index contributed by atoms with van der Waals surface area (Å²) in [4.78, 5) is 14.7. The van der Waals surface area contributed by atoms with Gasteiger partial charge in [-0.05, 0) is 35.7 Å². The molecule has 3 rings (SSSR count). The van der Waals surface area contributed by atoms with Crippen molar-refractivity contribution in [3.05, 3.63) is 71.4 Å². The summed E-state index contributed by atoms with van der Waals surface area (Å²) in [6, 6.07) is 15.8. The minimum absolute atomic E-state index is 0. The molecule has 0 spiro atoms. The Hall–Kier alpha value is -2.26. The summed E-state index contributed by atoms with van der Waals surface area (Å²) in [7, 11) is 1.39. The average molecular weight is 302 g/mol. The molecular weight excluding hydrogens is 286 g/mol. The summed E-state index contributed by atoms with van der Waals surface area (Å²) in [5, 5.41) is 1.24. The molecule has 1 N–H and O–H groups in total. The van der Waals surface area contributed by atoms with E-state index in [1.165, 1.54) is 23.6 Å². The van der Waals surface area contributed by atoms with Gasteiger partial charge in [0, 0.05) is 17.1 Å². The standard InChI is InChI=1S/C17H15NO2.ClH/c1-20-17(19)13-8-6-12(7-9-13)10-14-11-18-16-5-3-2-4-15(14)16;/h2-9,11,18H,10H2,1H3;1H. The summed E-state index contributed by atoms with van der Waals surface area (Å²) in [5.41, 5.74) is 4.15. The number of carbonyl (C=O) groups is 1. The monoisotopic (exact) mass is 301 g/mol. The van der Waals surface area contributed by atoms with Crippen molar-refractivity contribution in [3.63, 3.8) is 0 Å². The molecule has 0 aliphatic heterocycles. The molecule has 0 saturated heterocycles. The third kappa shape index (κ3) is 3.09. The Labute approximate surface area is 129 Å². The van der Waals surface area contributed by atoms with Gasteiger partial charge in [-0.25, -0.2) is 4.79 Å². The molecule has 1 aromatic heterocycles. The number of benzene rings is 2. The number of methoxy groups -OCH3 is 1. The Balaban J connectivity index is 0.00000161. The van der Waals surface area contributed by atoms with Gasteiger partial charge in [0.15, 0.2) is 0 Å². The van der Waals surface area contributed by atoms with Gasteiger partial charge in [0.2, 0.25) is 0 Å². The lowest BCUT2D eigenvalue weighted by atomic mass is 10.0. The predicted octanol–water partition coefficient (Wildman–Crippen LogP) is 3.97. The molecule has 0 unspecified atom stereocenters. The first-order valence-electron chi connectivity index (χ1n) is 6.50. The van der Waals surface area contributed by atoms with Crippen molar-refractivity contribution in [1.82, 2.24) is 4.98 Å². The van der Waals surface area contributed by atoms with Crippen molar-refractivity contribution in [2.75, 3.05) is 7.11 Å². The molecular formula is C17H16ClNO2. The van der Waals surface area contributed by atoms with E-state index in [0.29, 0.717) is 5.56 Å². The van der Waals surface area contributed by atoms with E-state index in [-0.39, 0.29) is 18.4 Å². The Morgan fingerprint density at radius 3 is 2.52 bits per heavy atom. The number of aromatic nitrogens is 1. The van der Waals surface area contributed by atoms with Crippen LogP contribution >= 0.6 is 12.4 Å². The highest BCUT2D eigenvalue weighted by Gasteiger charge is 2.06. The number of nitrogens with one attached hydrogen (secondary N) is 1. The number of aromatic amines is 1. The first kappa shape index (κ1) is 15.1. The predicted molar refractivity (Wildman–Crippen MR) is 86.1 cm³/mol. The molecule has 21 heavy (non-hydrogen) atoms. The molecule has 3 aromatic rings. The second-order valence-electron chi connectivity index (χ2n) is 4.72. The second-order valence-corrected chi connectivity index (χ2v) is 4.72. The number of rotatable bonds is 3. The summed E-state index contributed by atoms with van der Waals surface area (Å²) < 4.78 is 4.70. The number of para-hydroxylation sites is 1. The van der Waals surface area contributed by atoms with Crippen LogP contribution in [0.4, 0.5) is 0 Å². The zero-order chi connectivity index (χ0) is 13.9. The quantitative estimate of drug-likeness (QED) is 0.744. The number of hydrogen-bond acceptors (Lipinski definition) is 2. The maximum absolute atomic E-state index is 11.4. The number of H-pyrrole nitrogens is 1. The maximum atomic E-state index is 11.4. The van der Waals surface area contributed by atoms with Crippen LogP contribution in [0.25, 0.3) is 10.9 Å². The van der Waals surface area contributed by atoms with Crippen LogP contribution in [0.2, 0.25) is 0 Å². The lowest BCUT2D eigenvalue weighted by Crippen LogP contribution is -2.00. The van der Waals surface area contributed by atoms with E-state index in [2.05, 4.69) is 17.1 Å². The van der Waals surface area contributed by atoms with Gasteiger partial charge in [-0.2, -0.15) is 0 Å². The highest BCUT2D eigenvalue weighted by molar-refractivity contribution is 5.89. The molecule has 0 aliphatic rings. The normalized spacial score (nSPS) is 10.1. The van der Waals surface area contributed by atoms with Crippen molar-refractivity contribution in [2.45, 2.75) is 6.42 Å². The van der Waals surface area contributed by atoms with Crippen molar-refractivity contribution >= 4 is 29.3 Å². The van der Waals surface area contributed by atoms with Crippen LogP contribution in [0.3, 0.4) is 0 Å². The fourth-order valence-electron chi connectivity index (χ4n) is 2.37. The zero-order valence-electron chi connectivity index (χ0n) is 11.6. The summed E-state index contributed by atoms with van der Waals surface area (Å²) in [6.07, 6.45) is 2.88. The number of esters is 1. The van der Waals surface area contributed by atoms with Crippen molar-refractivity contribution in [2.24, 2.45) is 0 Å². The molecule has 0 atom stereocenters. The van der Waals surface area contributed by atoms with E-state index in [9.17, 15) is 4.79 Å². The van der Waals surface area contributed by atoms with Crippen molar-refractivity contribution in [3.8, 4) is 0 Å². The van der Waals surface area contributed by atoms with E-state index in [1.54, 1.807) is 12.1 Å². The van der Waals surface area contributed by atoms with Gasteiger partial charge in [0.05, 0.1) is 12.7 Å². The summed E-state index contributed by atoms with van der Waals surface area (Å²) >= 11 is 0. The van der Waals surface area contributed by atoms with E-state index in [0.717, 1.165) is 11.9 Å². The Morgan fingerprint density at radius 1 is 1.10 bits per heavy atom. The molecule has 2 aromatic carbocycles. The summed E-state index contributed by atoms with van der Waals surface area (Å²) in [5.74, 6) is -0.302. The highest BCUT2D eigenvalue weighted by Crippen LogP contribution is 2.21. The molecule has 3 nitrogen and oxygen atoms in total. The van der Waals surface area contributed by atoms with E-state index in [1.807, 2.05) is 30.5 Å². The number of ether oxygens (including phenoxy) is 1. The van der Waals surface area contributed by atoms with Gasteiger partial charge >= 0.3 is 5.97 Å². The van der Waals surface area contributed by atoms with Crippen LogP contribution in [-0.2, 0) is 11.2 Å². The van der Waals surface area contributed by atoms with Crippen LogP contribution in [0, 0.1) is 0 Å². The Bertz CT molecular complexity index is 747. The van der Waals surface area contributed by atoms with Crippen LogP contribution in [0.15, 0.2) is 54.7 Å². The van der Waals surface area contributed by atoms with Crippen molar-refractivity contribution in [1.29, 1.82) is 0 Å². The Morgan fingerprint density at radius 2 is 1.81 bits per heavy atom. The summed E-state index contributed by atoms with van der Waals surface area (Å²) in [6.45, 7) is 0. The van der Waals surface area contributed by atoms with E-state index < -0.39 is 0 Å². The first-order chi connectivity index (χ1) is 9.78. The van der Waals surface area contributed by atoms with Crippen LogP contribution in [0.1, 0.15) is 21.5 Å². The molecule has 0 aliphatic carbocycles. The zero-order valence-corrected chi connectivity index (χ0v) is 12.4. The smallest absolute Gasteiger partial charge is 0.337 e. The van der Waals surface area contributed by atoms with E-state index in [4.69, 9.17) is 4.74 Å². The third-order valence-electron chi connectivity index (χ3n) is 3.44. The lowest BCUT2D eigenvalue weighted by molar-refractivity contribution is 0.0600. The molecule has 0 bridgehead atoms. The van der Waals surface area contributed by atoms with Gasteiger partial charge in [0.1, 0.15) is 0 Å². The molecule has 1 heterocycles. The minimum Gasteiger partial charge on any atom is -0.465 e. The molecule has 0 radical (unpaired) electrons. The van der Waals surface area contributed by atoms with Gasteiger partial charge in [0.25, 0.3) is 0 Å². The van der Waals surface area contributed by atoms with Crippen molar-refractivity contribution < 1.29 is 9.53 Å². The number of halogens is 1. The second kappa shape index (κ2) is 6.46. The number of carbonyl (C=O) groups excluding carboxylic acids is 1. The molecule has 4 heteroatoms. The highest BCUT2D eigenvalue weighted by atomic mass is 35.5. The molecule has 0 saturated carbocycles. The minimum atomic E-state index is -0.302. The van der Waals surface area contributed by atoms with Gasteiger partial charge in [-0.3, -0.25) is 0 Å². The van der Waals surface area contributed by atoms with Crippen LogP contribution in [-0.4, -0.2) is 18.1 Å². The number of hydrogen-bond donors (Lipinski definition) is 1. The number of fused-ring (bicyclic) bond motifs is 1. The molecule has 108 valence electrons. The van der Waals surface area contributed by atoms with Gasteiger partial charge in [-0.15, -0.1) is 12.4 Å². The Kier molecular flexibility index (Phi) is 4.66. The van der Waals surface area contributed by atoms with Crippen LogP contribution < -0.4 is 0 Å². The third-order valence-corrected chi connectivity index (χ3v) is 3.44. The van der Waals surface area contributed by atoms with E-state index >= 15 is 0 Å². The average Bonchev–Trinajstić information content (AvgIpc) is 2.91. The fourth-order valence-corrected chi connectivity index (χ4v) is 2.37. The van der Waals surface area contributed by atoms with Gasteiger partial charge in [-0.1, -0.05) is 30.3 Å². The van der Waals surface area contributed by atoms with Crippen LogP contribution in [0.5, 0.6) is 0 Å². The fraction of sp³-hybridized carbons (Fsp3) is 0.118. The molecule has 0 amide bonds. The first-order valence-corrected chi connectivity index (χ1v) is 6.50. The SMILES string of the molecule is COC(=O)c1ccc(Cc2c[nH]c3ccccc23)cc1.Cl. The van der Waals surface area contributed by atoms with Gasteiger partial charge < -0.3 is 9.72 Å². The lowest BCUT2D eigenvalue weighted by Gasteiger charge is -2.03. The maximum Gasteiger partial charge on any atom is 0.337 e.